The number of likely N-dealkylation sites (N-methyl/N-ethyl adjacent to an activating group) is 1. The van der Waals surface area contributed by atoms with Crippen LogP contribution in [0.3, 0.4) is 0 Å². The molecule has 0 bridgehead atoms. The van der Waals surface area contributed by atoms with Gasteiger partial charge < -0.3 is 15.8 Å². The molecule has 1 aromatic carbocycles. The summed E-state index contributed by atoms with van der Waals surface area (Å²) >= 11 is 0. The number of rotatable bonds is 6. The number of nitrogen functional groups attached to an aromatic ring is 1. The minimum Gasteiger partial charge on any atom is -0.383 e. The molecular formula is C16H21N3O. The van der Waals surface area contributed by atoms with Gasteiger partial charge in [-0.15, -0.1) is 0 Å². The van der Waals surface area contributed by atoms with Gasteiger partial charge in [-0.25, -0.2) is 4.98 Å². The summed E-state index contributed by atoms with van der Waals surface area (Å²) in [6.45, 7) is 0. The van der Waals surface area contributed by atoms with Crippen molar-refractivity contribution in [2.24, 2.45) is 0 Å². The van der Waals surface area contributed by atoms with E-state index in [2.05, 4.69) is 22.4 Å². The molecule has 2 unspecified atom stereocenters. The number of nitrogens with two attached hydrogens (primary N) is 1. The maximum atomic E-state index is 5.92. The van der Waals surface area contributed by atoms with Gasteiger partial charge in [0.25, 0.3) is 0 Å². The number of anilines is 1. The van der Waals surface area contributed by atoms with Crippen molar-refractivity contribution in [2.75, 3.05) is 19.9 Å². The molecule has 2 rings (SSSR count). The van der Waals surface area contributed by atoms with Crippen LogP contribution in [0.15, 0.2) is 48.7 Å². The zero-order valence-corrected chi connectivity index (χ0v) is 11.9. The third-order valence-electron chi connectivity index (χ3n) is 3.48. The van der Waals surface area contributed by atoms with Crippen LogP contribution in [0.1, 0.15) is 17.2 Å². The second kappa shape index (κ2) is 7.03. The molecular weight excluding hydrogens is 250 g/mol. The van der Waals surface area contributed by atoms with Crippen molar-refractivity contribution < 1.29 is 4.74 Å². The van der Waals surface area contributed by atoms with Crippen molar-refractivity contribution in [2.45, 2.75) is 18.6 Å². The summed E-state index contributed by atoms with van der Waals surface area (Å²) < 4.78 is 5.68. The Bertz CT molecular complexity index is 530. The summed E-state index contributed by atoms with van der Waals surface area (Å²) in [5, 5.41) is 3.32. The van der Waals surface area contributed by atoms with Crippen LogP contribution in [0.25, 0.3) is 0 Å². The van der Waals surface area contributed by atoms with Crippen molar-refractivity contribution in [3.63, 3.8) is 0 Å². The molecule has 4 nitrogen and oxygen atoms in total. The summed E-state index contributed by atoms with van der Waals surface area (Å²) in [6.07, 6.45) is 2.45. The molecule has 2 atom stereocenters. The van der Waals surface area contributed by atoms with Gasteiger partial charge in [0.2, 0.25) is 0 Å². The number of nitrogens with zero attached hydrogens (tertiary/aromatic N) is 1. The molecule has 0 saturated carbocycles. The van der Waals surface area contributed by atoms with Crippen LogP contribution in [-0.2, 0) is 11.2 Å². The highest BCUT2D eigenvalue weighted by Crippen LogP contribution is 2.24. The lowest BCUT2D eigenvalue weighted by molar-refractivity contribution is 0.0704. The van der Waals surface area contributed by atoms with Gasteiger partial charge in [0.15, 0.2) is 0 Å². The average Bonchev–Trinajstić information content (AvgIpc) is 2.50. The van der Waals surface area contributed by atoms with Crippen molar-refractivity contribution in [1.29, 1.82) is 0 Å². The van der Waals surface area contributed by atoms with Crippen LogP contribution in [0.4, 0.5) is 5.82 Å². The summed E-state index contributed by atoms with van der Waals surface area (Å²) in [6, 6.07) is 14.2. The molecule has 20 heavy (non-hydrogen) atoms. The Morgan fingerprint density at radius 2 is 1.95 bits per heavy atom. The van der Waals surface area contributed by atoms with E-state index in [1.54, 1.807) is 13.3 Å². The molecule has 2 aromatic rings. The molecule has 3 N–H and O–H groups in total. The molecule has 106 valence electrons. The molecule has 0 fully saturated rings. The first-order valence-electron chi connectivity index (χ1n) is 6.70. The molecule has 0 aliphatic carbocycles. The van der Waals surface area contributed by atoms with E-state index in [0.29, 0.717) is 5.82 Å². The molecule has 4 heteroatoms. The summed E-state index contributed by atoms with van der Waals surface area (Å²) in [4.78, 5) is 4.13. The van der Waals surface area contributed by atoms with Gasteiger partial charge in [0, 0.05) is 19.3 Å². The predicted octanol–water partition coefficient (Wildman–Crippen LogP) is 2.18. The largest absolute Gasteiger partial charge is 0.383 e. The highest BCUT2D eigenvalue weighted by atomic mass is 16.5. The molecule has 0 amide bonds. The monoisotopic (exact) mass is 271 g/mol. The lowest BCUT2D eigenvalue weighted by Gasteiger charge is -2.26. The van der Waals surface area contributed by atoms with Gasteiger partial charge in [-0.2, -0.15) is 0 Å². The van der Waals surface area contributed by atoms with E-state index in [4.69, 9.17) is 10.5 Å². The summed E-state index contributed by atoms with van der Waals surface area (Å²) in [5.74, 6) is 0.579. The number of methoxy groups -OCH3 is 1. The molecule has 0 aliphatic rings. The van der Waals surface area contributed by atoms with E-state index in [-0.39, 0.29) is 12.1 Å². The molecule has 0 radical (unpaired) electrons. The van der Waals surface area contributed by atoms with Gasteiger partial charge in [-0.1, -0.05) is 36.4 Å². The molecule has 0 spiro atoms. The Labute approximate surface area is 120 Å². The average molecular weight is 271 g/mol. The van der Waals surface area contributed by atoms with Crippen LogP contribution in [-0.4, -0.2) is 25.2 Å². The molecule has 1 heterocycles. The van der Waals surface area contributed by atoms with Crippen molar-refractivity contribution >= 4 is 5.82 Å². The van der Waals surface area contributed by atoms with Crippen LogP contribution in [0.2, 0.25) is 0 Å². The number of nitrogens with one attached hydrogen (secondary N) is 1. The van der Waals surface area contributed by atoms with E-state index in [0.717, 1.165) is 17.5 Å². The first-order chi connectivity index (χ1) is 9.76. The quantitative estimate of drug-likeness (QED) is 0.845. The van der Waals surface area contributed by atoms with Crippen molar-refractivity contribution in [3.05, 3.63) is 59.8 Å². The normalized spacial score (nSPS) is 13.9. The lowest BCUT2D eigenvalue weighted by atomic mass is 9.96. The first kappa shape index (κ1) is 14.5. The molecule has 0 saturated heterocycles. The standard InChI is InChI=1S/C16H21N3O/c1-18-14(11-13-9-6-10-19-16(13)17)15(20-2)12-7-4-3-5-8-12/h3-10,14-15,18H,11H2,1-2H3,(H2,17,19). The van der Waals surface area contributed by atoms with Gasteiger partial charge in [-0.3, -0.25) is 0 Å². The maximum absolute atomic E-state index is 5.92. The Balaban J connectivity index is 2.20. The zero-order chi connectivity index (χ0) is 14.4. The summed E-state index contributed by atoms with van der Waals surface area (Å²) in [7, 11) is 3.67. The lowest BCUT2D eigenvalue weighted by Crippen LogP contribution is -2.35. The fraction of sp³-hybridized carbons (Fsp3) is 0.312. The van der Waals surface area contributed by atoms with Crippen molar-refractivity contribution in [3.8, 4) is 0 Å². The van der Waals surface area contributed by atoms with E-state index >= 15 is 0 Å². The first-order valence-corrected chi connectivity index (χ1v) is 6.70. The smallest absolute Gasteiger partial charge is 0.126 e. The number of benzene rings is 1. The third-order valence-corrected chi connectivity index (χ3v) is 3.48. The molecule has 1 aromatic heterocycles. The fourth-order valence-electron chi connectivity index (χ4n) is 2.40. The van der Waals surface area contributed by atoms with Crippen LogP contribution in [0, 0.1) is 0 Å². The number of hydrogen-bond donors (Lipinski definition) is 2. The number of aromatic nitrogens is 1. The Hall–Kier alpha value is -1.91. The highest BCUT2D eigenvalue weighted by molar-refractivity contribution is 5.39. The van der Waals surface area contributed by atoms with Crippen LogP contribution in [0.5, 0.6) is 0 Å². The minimum atomic E-state index is -0.0270. The second-order valence-electron chi connectivity index (χ2n) is 4.71. The highest BCUT2D eigenvalue weighted by Gasteiger charge is 2.22. The Morgan fingerprint density at radius 1 is 1.20 bits per heavy atom. The molecule has 0 aliphatic heterocycles. The van der Waals surface area contributed by atoms with Crippen LogP contribution >= 0.6 is 0 Å². The van der Waals surface area contributed by atoms with E-state index in [9.17, 15) is 0 Å². The van der Waals surface area contributed by atoms with E-state index < -0.39 is 0 Å². The third kappa shape index (κ3) is 3.35. The van der Waals surface area contributed by atoms with Gasteiger partial charge in [-0.05, 0) is 30.7 Å². The predicted molar refractivity (Wildman–Crippen MR) is 81.4 cm³/mol. The fourth-order valence-corrected chi connectivity index (χ4v) is 2.40. The zero-order valence-electron chi connectivity index (χ0n) is 11.9. The number of pyridine rings is 1. The Morgan fingerprint density at radius 3 is 2.55 bits per heavy atom. The second-order valence-corrected chi connectivity index (χ2v) is 4.71. The van der Waals surface area contributed by atoms with Gasteiger partial charge >= 0.3 is 0 Å². The van der Waals surface area contributed by atoms with E-state index in [1.165, 1.54) is 0 Å². The maximum Gasteiger partial charge on any atom is 0.126 e. The van der Waals surface area contributed by atoms with Crippen LogP contribution < -0.4 is 11.1 Å². The minimum absolute atomic E-state index is 0.0270. The van der Waals surface area contributed by atoms with Gasteiger partial charge in [0.05, 0.1) is 6.10 Å². The Kier molecular flexibility index (Phi) is 5.09. The number of ether oxygens (including phenoxy) is 1. The van der Waals surface area contributed by atoms with E-state index in [1.807, 2.05) is 37.4 Å². The SMILES string of the molecule is CNC(Cc1cccnc1N)C(OC)c1ccccc1. The van der Waals surface area contributed by atoms with Crippen molar-refractivity contribution in [1.82, 2.24) is 10.3 Å². The number of hydrogen-bond acceptors (Lipinski definition) is 4. The topological polar surface area (TPSA) is 60.2 Å². The van der Waals surface area contributed by atoms with Gasteiger partial charge in [0.1, 0.15) is 5.82 Å². The summed E-state index contributed by atoms with van der Waals surface area (Å²) in [5.41, 5.74) is 8.11.